The van der Waals surface area contributed by atoms with E-state index >= 15 is 0 Å². The summed E-state index contributed by atoms with van der Waals surface area (Å²) in [5, 5.41) is 3.00. The summed E-state index contributed by atoms with van der Waals surface area (Å²) in [6, 6.07) is 13.2. The summed E-state index contributed by atoms with van der Waals surface area (Å²) in [6.45, 7) is 0.145. The van der Waals surface area contributed by atoms with Gasteiger partial charge in [0.25, 0.3) is 0 Å². The molecule has 11 heteroatoms. The number of thioether (sulfide) groups is 2. The number of hydrogen-bond donors (Lipinski definition) is 3. The molecule has 1 atom stereocenters. The second kappa shape index (κ2) is 9.75. The van der Waals surface area contributed by atoms with Gasteiger partial charge in [-0.1, -0.05) is 30.0 Å². The fourth-order valence-corrected chi connectivity index (χ4v) is 4.79. The van der Waals surface area contributed by atoms with E-state index in [0.717, 1.165) is 21.3 Å². The van der Waals surface area contributed by atoms with Crippen molar-refractivity contribution in [1.82, 2.24) is 20.2 Å². The zero-order valence-corrected chi connectivity index (χ0v) is 17.9. The van der Waals surface area contributed by atoms with Crippen molar-refractivity contribution in [3.05, 3.63) is 54.9 Å². The van der Waals surface area contributed by atoms with Gasteiger partial charge in [0.1, 0.15) is 6.61 Å². The van der Waals surface area contributed by atoms with Crippen LogP contribution >= 0.6 is 23.5 Å². The topological polar surface area (TPSA) is 114 Å². The highest BCUT2D eigenvalue weighted by Gasteiger charge is 2.28. The van der Waals surface area contributed by atoms with Crippen molar-refractivity contribution in [3.63, 3.8) is 0 Å². The van der Waals surface area contributed by atoms with Crippen LogP contribution in [0.3, 0.4) is 0 Å². The number of imidazole rings is 1. The van der Waals surface area contributed by atoms with Crippen LogP contribution in [-0.4, -0.2) is 44.9 Å². The summed E-state index contributed by atoms with van der Waals surface area (Å²) in [5.74, 6) is -0.222. The van der Waals surface area contributed by atoms with E-state index in [9.17, 15) is 14.4 Å². The summed E-state index contributed by atoms with van der Waals surface area (Å²) in [7, 11) is 0. The number of nitrogens with zero attached hydrogens (tertiary/aromatic N) is 2. The quantitative estimate of drug-likeness (QED) is 0.296. The van der Waals surface area contributed by atoms with Crippen LogP contribution in [0.2, 0.25) is 0 Å². The summed E-state index contributed by atoms with van der Waals surface area (Å²) in [6.07, 6.45) is 2.84. The Morgan fingerprint density at radius 3 is 2.94 bits per heavy atom. The first-order valence-corrected chi connectivity index (χ1v) is 11.3. The molecule has 1 unspecified atom stereocenters. The van der Waals surface area contributed by atoms with E-state index in [4.69, 9.17) is 4.74 Å². The number of rotatable bonds is 6. The minimum atomic E-state index is -0.770. The molecule has 3 aromatic rings. The van der Waals surface area contributed by atoms with E-state index in [-0.39, 0.29) is 18.9 Å². The largest absolute Gasteiger partial charge is 0.447 e. The maximum absolute atomic E-state index is 12.2. The van der Waals surface area contributed by atoms with E-state index in [1.165, 1.54) is 23.5 Å². The van der Waals surface area contributed by atoms with Crippen LogP contribution in [-0.2, 0) is 14.3 Å². The molecule has 3 amide bonds. The molecular weight excluding hydrogens is 438 g/mol. The average molecular weight is 458 g/mol. The smallest absolute Gasteiger partial charge is 0.426 e. The van der Waals surface area contributed by atoms with Gasteiger partial charge in [0.15, 0.2) is 5.16 Å². The van der Waals surface area contributed by atoms with Gasteiger partial charge >= 0.3 is 6.09 Å². The molecule has 0 fully saturated rings. The molecule has 0 spiro atoms. The molecule has 2 aromatic heterocycles. The minimum absolute atomic E-state index is 0.0755. The van der Waals surface area contributed by atoms with Crippen molar-refractivity contribution in [2.75, 3.05) is 17.7 Å². The highest BCUT2D eigenvalue weighted by molar-refractivity contribution is 8.01. The Balaban J connectivity index is 1.15. The lowest BCUT2D eigenvalue weighted by Gasteiger charge is -2.23. The van der Waals surface area contributed by atoms with Crippen molar-refractivity contribution in [1.29, 1.82) is 0 Å². The number of aromatic nitrogens is 2. The Hall–Kier alpha value is -3.18. The lowest BCUT2D eigenvalue weighted by atomic mass is 10.2. The standard InChI is InChI=1S/C20H19N5O4S2/c26-17(11-16-18(27)22-14-6-1-2-7-15(14)31-16)23-24-20(28)29-9-10-30-19-21-12-13-5-3-4-8-25(13)19/h1-8,12,16H,9-11H2,(H,22,27)(H,23,26)(H,24,28). The van der Waals surface area contributed by atoms with Gasteiger partial charge in [-0.15, -0.1) is 11.8 Å². The van der Waals surface area contributed by atoms with Crippen molar-refractivity contribution in [3.8, 4) is 0 Å². The fraction of sp³-hybridized carbons (Fsp3) is 0.200. The van der Waals surface area contributed by atoms with E-state index < -0.39 is 17.3 Å². The maximum Gasteiger partial charge on any atom is 0.426 e. The van der Waals surface area contributed by atoms with Gasteiger partial charge in [-0.05, 0) is 24.3 Å². The number of carbonyl (C=O) groups is 3. The van der Waals surface area contributed by atoms with Crippen LogP contribution in [0.5, 0.6) is 0 Å². The van der Waals surface area contributed by atoms with E-state index in [1.54, 1.807) is 12.3 Å². The zero-order valence-electron chi connectivity index (χ0n) is 16.2. The van der Waals surface area contributed by atoms with Gasteiger partial charge < -0.3 is 10.1 Å². The number of hydrazine groups is 1. The Labute approximate surface area is 186 Å². The third-order valence-corrected chi connectivity index (χ3v) is 6.54. The summed E-state index contributed by atoms with van der Waals surface area (Å²) in [4.78, 5) is 41.2. The molecule has 3 heterocycles. The van der Waals surface area contributed by atoms with Gasteiger partial charge in [-0.2, -0.15) is 0 Å². The molecular formula is C20H19N5O4S2. The Morgan fingerprint density at radius 1 is 1.19 bits per heavy atom. The highest BCUT2D eigenvalue weighted by atomic mass is 32.2. The highest BCUT2D eigenvalue weighted by Crippen LogP contribution is 2.36. The molecule has 3 N–H and O–H groups in total. The maximum atomic E-state index is 12.2. The molecule has 0 radical (unpaired) electrons. The molecule has 0 aliphatic carbocycles. The molecule has 0 saturated heterocycles. The number of nitrogens with one attached hydrogen (secondary N) is 3. The molecule has 4 rings (SSSR count). The van der Waals surface area contributed by atoms with E-state index in [0.29, 0.717) is 5.75 Å². The van der Waals surface area contributed by atoms with Gasteiger partial charge in [-0.25, -0.2) is 15.2 Å². The van der Waals surface area contributed by atoms with E-state index in [1.807, 2.05) is 47.0 Å². The Bertz CT molecular complexity index is 1120. The molecule has 31 heavy (non-hydrogen) atoms. The SMILES string of the molecule is O=C(CC1Sc2ccccc2NC1=O)NNC(=O)OCCSc1ncc2ccccn12. The van der Waals surface area contributed by atoms with Crippen molar-refractivity contribution in [2.24, 2.45) is 0 Å². The third-order valence-electron chi connectivity index (χ3n) is 4.33. The monoisotopic (exact) mass is 457 g/mol. The van der Waals surface area contributed by atoms with Crippen molar-refractivity contribution in [2.45, 2.75) is 21.7 Å². The predicted octanol–water partition coefficient (Wildman–Crippen LogP) is 2.69. The summed E-state index contributed by atoms with van der Waals surface area (Å²) in [5.41, 5.74) is 6.19. The van der Waals surface area contributed by atoms with Crippen LogP contribution < -0.4 is 16.2 Å². The van der Waals surface area contributed by atoms with Gasteiger partial charge in [0, 0.05) is 23.3 Å². The number of amides is 3. The number of para-hydroxylation sites is 1. The number of benzene rings is 1. The van der Waals surface area contributed by atoms with Crippen LogP contribution in [0.15, 0.2) is 64.9 Å². The average Bonchev–Trinajstić information content (AvgIpc) is 3.19. The molecule has 1 aromatic carbocycles. The second-order valence-corrected chi connectivity index (χ2v) is 8.80. The van der Waals surface area contributed by atoms with Crippen molar-refractivity contribution < 1.29 is 19.1 Å². The minimum Gasteiger partial charge on any atom is -0.447 e. The van der Waals surface area contributed by atoms with Crippen LogP contribution in [0, 0.1) is 0 Å². The Morgan fingerprint density at radius 2 is 2.03 bits per heavy atom. The number of carbonyl (C=O) groups excluding carboxylic acids is 3. The van der Waals surface area contributed by atoms with Gasteiger partial charge in [0.05, 0.1) is 22.7 Å². The molecule has 9 nitrogen and oxygen atoms in total. The number of ether oxygens (including phenoxy) is 1. The normalized spacial score (nSPS) is 15.1. The van der Waals surface area contributed by atoms with Crippen LogP contribution in [0.4, 0.5) is 10.5 Å². The van der Waals surface area contributed by atoms with Gasteiger partial charge in [0.2, 0.25) is 11.8 Å². The summed E-state index contributed by atoms with van der Waals surface area (Å²) < 4.78 is 7.00. The molecule has 0 saturated carbocycles. The third kappa shape index (κ3) is 5.30. The lowest BCUT2D eigenvalue weighted by Crippen LogP contribution is -2.44. The number of fused-ring (bicyclic) bond motifs is 2. The Kier molecular flexibility index (Phi) is 6.63. The molecule has 1 aliphatic rings. The first kappa shape index (κ1) is 21.1. The van der Waals surface area contributed by atoms with Crippen molar-refractivity contribution >= 4 is 52.6 Å². The van der Waals surface area contributed by atoms with Crippen LogP contribution in [0.25, 0.3) is 5.52 Å². The first-order valence-electron chi connectivity index (χ1n) is 9.43. The summed E-state index contributed by atoms with van der Waals surface area (Å²) >= 11 is 2.77. The lowest BCUT2D eigenvalue weighted by molar-refractivity contribution is -0.124. The van der Waals surface area contributed by atoms with E-state index in [2.05, 4.69) is 21.2 Å². The molecule has 160 valence electrons. The first-order chi connectivity index (χ1) is 15.1. The zero-order chi connectivity index (χ0) is 21.6. The predicted molar refractivity (Wildman–Crippen MR) is 118 cm³/mol. The molecule has 1 aliphatic heterocycles. The number of pyridine rings is 1. The molecule has 0 bridgehead atoms. The number of hydrogen-bond acceptors (Lipinski definition) is 7. The van der Waals surface area contributed by atoms with Crippen LogP contribution in [0.1, 0.15) is 6.42 Å². The van der Waals surface area contributed by atoms with Gasteiger partial charge in [-0.3, -0.25) is 19.4 Å². The fourth-order valence-electron chi connectivity index (χ4n) is 2.90. The second-order valence-electron chi connectivity index (χ2n) is 6.49. The number of anilines is 1.